The first-order chi connectivity index (χ1) is 15.9. The molecule has 0 spiro atoms. The van der Waals surface area contributed by atoms with Crippen LogP contribution in [0.2, 0.25) is 0 Å². The zero-order chi connectivity index (χ0) is 23.1. The predicted molar refractivity (Wildman–Crippen MR) is 128 cm³/mol. The molecule has 0 fully saturated rings. The van der Waals surface area contributed by atoms with E-state index < -0.39 is 0 Å². The molecule has 1 N–H and O–H groups in total. The molecule has 1 aliphatic carbocycles. The normalized spacial score (nSPS) is 18.2. The summed E-state index contributed by atoms with van der Waals surface area (Å²) in [5.41, 5.74) is 1.96. The maximum absolute atomic E-state index is 13.2. The van der Waals surface area contributed by atoms with Crippen molar-refractivity contribution >= 4 is 27.5 Å². The summed E-state index contributed by atoms with van der Waals surface area (Å²) in [6, 6.07) is 5.55. The smallest absolute Gasteiger partial charge is 0.262 e. The van der Waals surface area contributed by atoms with E-state index in [2.05, 4.69) is 31.1 Å². The topological polar surface area (TPSA) is 82.5 Å². The number of fused-ring (bicyclic) bond motifs is 4. The van der Waals surface area contributed by atoms with Crippen LogP contribution in [0.4, 0.5) is 0 Å². The van der Waals surface area contributed by atoms with Crippen molar-refractivity contribution < 1.29 is 14.3 Å². The van der Waals surface area contributed by atoms with Gasteiger partial charge in [-0.05, 0) is 54.4 Å². The third kappa shape index (κ3) is 4.24. The van der Waals surface area contributed by atoms with Gasteiger partial charge in [0.2, 0.25) is 5.91 Å². The molecule has 2 unspecified atom stereocenters. The number of hydrogen-bond donors (Lipinski definition) is 1. The number of nitrogens with one attached hydrogen (secondary N) is 1. The van der Waals surface area contributed by atoms with Gasteiger partial charge in [0, 0.05) is 4.88 Å². The first-order valence-corrected chi connectivity index (χ1v) is 12.4. The first kappa shape index (κ1) is 21.9. The monoisotopic (exact) mass is 467 g/mol. The Morgan fingerprint density at radius 3 is 2.85 bits per heavy atom. The van der Waals surface area contributed by atoms with Gasteiger partial charge in [-0.1, -0.05) is 26.8 Å². The van der Waals surface area contributed by atoms with E-state index in [9.17, 15) is 9.59 Å². The molecule has 1 aromatic carbocycles. The highest BCUT2D eigenvalue weighted by molar-refractivity contribution is 7.18. The molecule has 8 heteroatoms. The third-order valence-electron chi connectivity index (χ3n) is 6.50. The Bertz CT molecular complexity index is 1260. The maximum Gasteiger partial charge on any atom is 0.262 e. The summed E-state index contributed by atoms with van der Waals surface area (Å²) in [4.78, 5) is 32.8. The van der Waals surface area contributed by atoms with Crippen molar-refractivity contribution in [2.75, 3.05) is 13.2 Å². The minimum atomic E-state index is -0.218. The predicted octanol–water partition coefficient (Wildman–Crippen LogP) is 3.87. The third-order valence-corrected chi connectivity index (χ3v) is 7.67. The van der Waals surface area contributed by atoms with Gasteiger partial charge in [0.1, 0.15) is 24.6 Å². The van der Waals surface area contributed by atoms with Crippen molar-refractivity contribution in [3.63, 3.8) is 0 Å². The highest BCUT2D eigenvalue weighted by Gasteiger charge is 2.25. The summed E-state index contributed by atoms with van der Waals surface area (Å²) in [5.74, 6) is 1.98. The van der Waals surface area contributed by atoms with Crippen LogP contribution in [0.1, 0.15) is 49.2 Å². The van der Waals surface area contributed by atoms with Gasteiger partial charge in [0.25, 0.3) is 5.56 Å². The average Bonchev–Trinajstić information content (AvgIpc) is 3.17. The number of nitrogens with zero attached hydrogens (tertiary/aromatic N) is 2. The molecule has 5 rings (SSSR count). The average molecular weight is 468 g/mol. The molecule has 0 saturated carbocycles. The number of hydrogen-bond acceptors (Lipinski definition) is 6. The molecule has 2 atom stereocenters. The minimum Gasteiger partial charge on any atom is -0.486 e. The number of rotatable bonds is 5. The lowest BCUT2D eigenvalue weighted by Crippen LogP contribution is -2.36. The van der Waals surface area contributed by atoms with E-state index in [0.717, 1.165) is 41.0 Å². The number of aryl methyl sites for hydroxylation is 1. The molecule has 7 nitrogen and oxygen atoms in total. The molecule has 174 valence electrons. The second kappa shape index (κ2) is 8.82. The van der Waals surface area contributed by atoms with Crippen molar-refractivity contribution in [1.29, 1.82) is 0 Å². The second-order valence-electron chi connectivity index (χ2n) is 9.40. The number of thiophene rings is 1. The van der Waals surface area contributed by atoms with E-state index in [4.69, 9.17) is 9.47 Å². The molecular formula is C25H29N3O4S. The van der Waals surface area contributed by atoms with E-state index in [-0.39, 0.29) is 30.0 Å². The number of ether oxygens (including phenoxy) is 2. The first-order valence-electron chi connectivity index (χ1n) is 11.6. The zero-order valence-electron chi connectivity index (χ0n) is 19.2. The van der Waals surface area contributed by atoms with Gasteiger partial charge < -0.3 is 14.8 Å². The molecule has 0 saturated heterocycles. The van der Waals surface area contributed by atoms with Crippen LogP contribution in [0.5, 0.6) is 11.5 Å². The Morgan fingerprint density at radius 1 is 1.27 bits per heavy atom. The largest absolute Gasteiger partial charge is 0.486 e. The number of aromatic nitrogens is 2. The van der Waals surface area contributed by atoms with E-state index in [1.807, 2.05) is 18.2 Å². The summed E-state index contributed by atoms with van der Waals surface area (Å²) in [6.45, 7) is 7.35. The van der Waals surface area contributed by atoms with E-state index in [0.29, 0.717) is 30.3 Å². The highest BCUT2D eigenvalue weighted by atomic mass is 32.1. The Morgan fingerprint density at radius 2 is 2.06 bits per heavy atom. The lowest BCUT2D eigenvalue weighted by molar-refractivity contribution is -0.122. The Balaban J connectivity index is 1.37. The molecule has 1 amide bonds. The van der Waals surface area contributed by atoms with E-state index in [1.165, 1.54) is 15.8 Å². The minimum absolute atomic E-state index is 0.0590. The van der Waals surface area contributed by atoms with Crippen LogP contribution < -0.4 is 20.3 Å². The molecule has 1 aliphatic heterocycles. The fourth-order valence-electron chi connectivity index (χ4n) is 4.74. The summed E-state index contributed by atoms with van der Waals surface area (Å²) >= 11 is 1.62. The molecule has 0 radical (unpaired) electrons. The van der Waals surface area contributed by atoms with Crippen molar-refractivity contribution in [2.24, 2.45) is 11.8 Å². The Kier molecular flexibility index (Phi) is 5.86. The molecule has 3 heterocycles. The Hall–Kier alpha value is -2.87. The number of carbonyl (C=O) groups is 1. The Labute approximate surface area is 196 Å². The summed E-state index contributed by atoms with van der Waals surface area (Å²) < 4.78 is 12.7. The van der Waals surface area contributed by atoms with Crippen molar-refractivity contribution in [2.45, 2.75) is 52.6 Å². The highest BCUT2D eigenvalue weighted by Crippen LogP contribution is 2.36. The molecule has 0 bridgehead atoms. The van der Waals surface area contributed by atoms with Crippen molar-refractivity contribution in [3.8, 4) is 11.5 Å². The van der Waals surface area contributed by atoms with Crippen LogP contribution in [0.15, 0.2) is 29.3 Å². The van der Waals surface area contributed by atoms with Crippen molar-refractivity contribution in [3.05, 3.63) is 50.9 Å². The van der Waals surface area contributed by atoms with Gasteiger partial charge in [0.05, 0.1) is 17.8 Å². The molecule has 2 aromatic heterocycles. The fraction of sp³-hybridized carbons (Fsp3) is 0.480. The SMILES string of the molecule is CC1CCc2c(sc3ncn(CC(=O)NC(c4ccc5c(c4)OCCO5)C(C)C)c(=O)c23)C1. The molecule has 3 aromatic rings. The summed E-state index contributed by atoms with van der Waals surface area (Å²) in [6.07, 6.45) is 4.49. The van der Waals surface area contributed by atoms with Gasteiger partial charge in [-0.15, -0.1) is 11.3 Å². The number of amides is 1. The zero-order valence-corrected chi connectivity index (χ0v) is 20.0. The van der Waals surface area contributed by atoms with Gasteiger partial charge in [0.15, 0.2) is 11.5 Å². The lowest BCUT2D eigenvalue weighted by atomic mass is 9.89. The van der Waals surface area contributed by atoms with Crippen LogP contribution in [0, 0.1) is 11.8 Å². The molecule has 2 aliphatic rings. The van der Waals surface area contributed by atoms with Gasteiger partial charge in [-0.2, -0.15) is 0 Å². The molecular weight excluding hydrogens is 438 g/mol. The quantitative estimate of drug-likeness (QED) is 0.616. The fourth-order valence-corrected chi connectivity index (χ4v) is 6.08. The van der Waals surface area contributed by atoms with Crippen LogP contribution in [-0.2, 0) is 24.2 Å². The van der Waals surface area contributed by atoms with Gasteiger partial charge in [-0.3, -0.25) is 14.2 Å². The maximum atomic E-state index is 13.2. The lowest BCUT2D eigenvalue weighted by Gasteiger charge is -2.25. The molecule has 33 heavy (non-hydrogen) atoms. The van der Waals surface area contributed by atoms with Crippen molar-refractivity contribution in [1.82, 2.24) is 14.9 Å². The number of carbonyl (C=O) groups excluding carboxylic acids is 1. The van der Waals surface area contributed by atoms with Crippen LogP contribution >= 0.6 is 11.3 Å². The number of benzene rings is 1. The van der Waals surface area contributed by atoms with Crippen LogP contribution in [-0.4, -0.2) is 28.7 Å². The van der Waals surface area contributed by atoms with Gasteiger partial charge in [-0.25, -0.2) is 4.98 Å². The summed E-state index contributed by atoms with van der Waals surface area (Å²) in [7, 11) is 0. The second-order valence-corrected chi connectivity index (χ2v) is 10.5. The standard InChI is InChI=1S/C25H29N3O4S/c1-14(2)23(16-5-7-18-19(11-16)32-9-8-31-18)27-21(29)12-28-13-26-24-22(25(28)30)17-6-4-15(3)10-20(17)33-24/h5,7,11,13-15,23H,4,6,8-10,12H2,1-3H3,(H,27,29). The summed E-state index contributed by atoms with van der Waals surface area (Å²) in [5, 5.41) is 3.80. The van der Waals surface area contributed by atoms with E-state index >= 15 is 0 Å². The van der Waals surface area contributed by atoms with E-state index in [1.54, 1.807) is 11.3 Å². The van der Waals surface area contributed by atoms with Gasteiger partial charge >= 0.3 is 0 Å². The van der Waals surface area contributed by atoms with Crippen LogP contribution in [0.25, 0.3) is 10.2 Å². The van der Waals surface area contributed by atoms with Crippen LogP contribution in [0.3, 0.4) is 0 Å².